The Hall–Kier alpha value is 0.451. The minimum absolute atomic E-state index is 0.0467. The smallest absolute Gasteiger partial charge is 0.185 e. The largest absolute Gasteiger partial charge is 0.409 e. The minimum atomic E-state index is -1.76. The molecule has 0 aliphatic carbocycles. The molecule has 2 heterocycles. The second-order valence-corrected chi connectivity index (χ2v) is 22.8. The standard InChI is InChI=1S/C15H34O5Si3/c1-21(2,3)18-12-11-10-16-15(17-11)14(20-23(7,8)9)13(12)19-22(4,5)6/h11-15H,10H2,1-9H3/t11-,12-,13+,14-,15-/m1/s1. The fourth-order valence-corrected chi connectivity index (χ4v) is 6.21. The van der Waals surface area contributed by atoms with Gasteiger partial charge >= 0.3 is 0 Å². The van der Waals surface area contributed by atoms with Gasteiger partial charge in [-0.05, 0) is 58.9 Å². The van der Waals surface area contributed by atoms with E-state index in [4.69, 9.17) is 22.8 Å². The summed E-state index contributed by atoms with van der Waals surface area (Å²) >= 11 is 0. The van der Waals surface area contributed by atoms with Crippen LogP contribution in [0.15, 0.2) is 0 Å². The third kappa shape index (κ3) is 5.74. The van der Waals surface area contributed by atoms with Gasteiger partial charge in [-0.1, -0.05) is 0 Å². The van der Waals surface area contributed by atoms with E-state index in [1.165, 1.54) is 0 Å². The predicted octanol–water partition coefficient (Wildman–Crippen LogP) is 3.40. The van der Waals surface area contributed by atoms with Crippen LogP contribution >= 0.6 is 0 Å². The van der Waals surface area contributed by atoms with Crippen LogP contribution in [0.1, 0.15) is 0 Å². The molecule has 0 amide bonds. The van der Waals surface area contributed by atoms with Crippen LogP contribution < -0.4 is 0 Å². The molecule has 2 saturated heterocycles. The van der Waals surface area contributed by atoms with Crippen LogP contribution in [0.2, 0.25) is 58.9 Å². The lowest BCUT2D eigenvalue weighted by Crippen LogP contribution is -2.62. The van der Waals surface area contributed by atoms with Crippen LogP contribution in [0.4, 0.5) is 0 Å². The third-order valence-corrected chi connectivity index (χ3v) is 6.42. The van der Waals surface area contributed by atoms with E-state index in [1.807, 2.05) is 0 Å². The van der Waals surface area contributed by atoms with E-state index >= 15 is 0 Å². The first kappa shape index (κ1) is 19.8. The van der Waals surface area contributed by atoms with Gasteiger partial charge < -0.3 is 22.8 Å². The van der Waals surface area contributed by atoms with Crippen LogP contribution in [0.3, 0.4) is 0 Å². The maximum Gasteiger partial charge on any atom is 0.185 e. The number of hydrogen-bond donors (Lipinski definition) is 0. The third-order valence-electron chi connectivity index (χ3n) is 3.48. The van der Waals surface area contributed by atoms with E-state index in [1.54, 1.807) is 0 Å². The summed E-state index contributed by atoms with van der Waals surface area (Å²) in [5, 5.41) is 0. The van der Waals surface area contributed by atoms with Gasteiger partial charge in [0.1, 0.15) is 24.4 Å². The van der Waals surface area contributed by atoms with Crippen molar-refractivity contribution in [3.05, 3.63) is 0 Å². The highest BCUT2D eigenvalue weighted by molar-refractivity contribution is 6.70. The maximum absolute atomic E-state index is 6.55. The van der Waals surface area contributed by atoms with Crippen LogP contribution in [-0.4, -0.2) is 62.3 Å². The molecule has 23 heavy (non-hydrogen) atoms. The van der Waals surface area contributed by atoms with E-state index in [-0.39, 0.29) is 30.7 Å². The zero-order valence-electron chi connectivity index (χ0n) is 16.1. The van der Waals surface area contributed by atoms with Crippen LogP contribution in [0, 0.1) is 0 Å². The van der Waals surface area contributed by atoms with E-state index in [0.29, 0.717) is 6.61 Å². The van der Waals surface area contributed by atoms with E-state index in [9.17, 15) is 0 Å². The van der Waals surface area contributed by atoms with Gasteiger partial charge in [-0.25, -0.2) is 0 Å². The first-order valence-corrected chi connectivity index (χ1v) is 18.8. The molecule has 5 atom stereocenters. The Morgan fingerprint density at radius 3 is 1.57 bits per heavy atom. The second kappa shape index (κ2) is 6.64. The van der Waals surface area contributed by atoms with Gasteiger partial charge in [-0.3, -0.25) is 0 Å². The van der Waals surface area contributed by atoms with Crippen molar-refractivity contribution in [2.24, 2.45) is 0 Å². The highest BCUT2D eigenvalue weighted by Crippen LogP contribution is 2.37. The Labute approximate surface area is 144 Å². The molecule has 0 aromatic carbocycles. The lowest BCUT2D eigenvalue weighted by molar-refractivity contribution is -0.214. The Kier molecular flexibility index (Phi) is 5.71. The number of ether oxygens (including phenoxy) is 2. The molecule has 2 aliphatic rings. The zero-order chi connectivity index (χ0) is 17.6. The van der Waals surface area contributed by atoms with Crippen LogP contribution in [0.25, 0.3) is 0 Å². The molecule has 2 bridgehead atoms. The second-order valence-electron chi connectivity index (χ2n) is 9.46. The summed E-state index contributed by atoms with van der Waals surface area (Å²) in [6.07, 6.45) is -0.780. The van der Waals surface area contributed by atoms with Gasteiger partial charge in [-0.15, -0.1) is 0 Å². The summed E-state index contributed by atoms with van der Waals surface area (Å²) in [4.78, 5) is 0. The lowest BCUT2D eigenvalue weighted by Gasteiger charge is -2.46. The summed E-state index contributed by atoms with van der Waals surface area (Å²) in [6.45, 7) is 20.4. The van der Waals surface area contributed by atoms with Gasteiger partial charge in [-0.2, -0.15) is 0 Å². The molecule has 2 rings (SSSR count). The summed E-state index contributed by atoms with van der Waals surface area (Å²) in [6, 6.07) is 0. The molecule has 5 nitrogen and oxygen atoms in total. The first-order valence-electron chi connectivity index (χ1n) is 8.56. The number of hydrogen-bond acceptors (Lipinski definition) is 5. The molecule has 0 radical (unpaired) electrons. The summed E-state index contributed by atoms with van der Waals surface area (Å²) < 4.78 is 31.4. The van der Waals surface area contributed by atoms with E-state index in [2.05, 4.69) is 58.9 Å². The summed E-state index contributed by atoms with van der Waals surface area (Å²) in [5.41, 5.74) is 0. The van der Waals surface area contributed by atoms with Crippen molar-refractivity contribution < 1.29 is 22.8 Å². The average Bonchev–Trinajstić information content (AvgIpc) is 2.71. The topological polar surface area (TPSA) is 46.2 Å². The van der Waals surface area contributed by atoms with Gasteiger partial charge in [0.25, 0.3) is 0 Å². The van der Waals surface area contributed by atoms with Crippen molar-refractivity contribution in [2.75, 3.05) is 6.61 Å². The predicted molar refractivity (Wildman–Crippen MR) is 99.3 cm³/mol. The first-order chi connectivity index (χ1) is 10.3. The normalized spacial score (nSPS) is 35.6. The molecule has 2 fully saturated rings. The lowest BCUT2D eigenvalue weighted by atomic mass is 10.0. The zero-order valence-corrected chi connectivity index (χ0v) is 19.1. The van der Waals surface area contributed by atoms with Gasteiger partial charge in [0.15, 0.2) is 31.2 Å². The molecule has 2 aliphatic heterocycles. The van der Waals surface area contributed by atoms with Crippen LogP contribution in [0.5, 0.6) is 0 Å². The van der Waals surface area contributed by atoms with Crippen molar-refractivity contribution >= 4 is 25.0 Å². The number of fused-ring (bicyclic) bond motifs is 2. The molecule has 0 spiro atoms. The SMILES string of the molecule is C[Si](C)(C)O[C@@H]1[C@@H](O[Si](C)(C)C)[C@@H]2OC[C@@H](O2)[C@H]1O[Si](C)(C)C. The number of rotatable bonds is 6. The van der Waals surface area contributed by atoms with Gasteiger partial charge in [0.2, 0.25) is 0 Å². The summed E-state index contributed by atoms with van der Waals surface area (Å²) in [7, 11) is -5.24. The quantitative estimate of drug-likeness (QED) is 0.663. The van der Waals surface area contributed by atoms with Crippen molar-refractivity contribution in [3.8, 4) is 0 Å². The van der Waals surface area contributed by atoms with Crippen molar-refractivity contribution in [1.29, 1.82) is 0 Å². The maximum atomic E-state index is 6.55. The minimum Gasteiger partial charge on any atom is -0.409 e. The molecule has 0 unspecified atom stereocenters. The van der Waals surface area contributed by atoms with Crippen molar-refractivity contribution in [2.45, 2.75) is 89.6 Å². The fraction of sp³-hybridized carbons (Fsp3) is 1.00. The highest BCUT2D eigenvalue weighted by Gasteiger charge is 2.55. The van der Waals surface area contributed by atoms with E-state index < -0.39 is 25.0 Å². The fourth-order valence-electron chi connectivity index (χ4n) is 2.96. The van der Waals surface area contributed by atoms with E-state index in [0.717, 1.165) is 0 Å². The van der Waals surface area contributed by atoms with Crippen molar-refractivity contribution in [3.63, 3.8) is 0 Å². The molecule has 0 aromatic heterocycles. The molecule has 0 aromatic rings. The molecule has 8 heteroatoms. The highest BCUT2D eigenvalue weighted by atomic mass is 28.4. The Morgan fingerprint density at radius 1 is 0.652 bits per heavy atom. The molecular weight excluding hydrogens is 344 g/mol. The Morgan fingerprint density at radius 2 is 1.09 bits per heavy atom. The van der Waals surface area contributed by atoms with Crippen LogP contribution in [-0.2, 0) is 22.8 Å². The molecule has 0 N–H and O–H groups in total. The Bertz CT molecular complexity index is 383. The molecule has 0 saturated carbocycles. The van der Waals surface area contributed by atoms with Gasteiger partial charge in [0, 0.05) is 0 Å². The monoisotopic (exact) mass is 378 g/mol. The summed E-state index contributed by atoms with van der Waals surface area (Å²) in [5.74, 6) is 0. The van der Waals surface area contributed by atoms with Crippen molar-refractivity contribution in [1.82, 2.24) is 0 Å². The average molecular weight is 379 g/mol. The van der Waals surface area contributed by atoms with Gasteiger partial charge in [0.05, 0.1) is 6.61 Å². The Balaban J connectivity index is 2.30. The molecular formula is C15H34O5Si3. The molecule has 136 valence electrons.